The Kier molecular flexibility index (Phi) is 15.6. The first-order chi connectivity index (χ1) is 44.1. The molecule has 24 nitrogen and oxygen atoms in total. The number of nitrogens with two attached hydrogens (primary N) is 1. The minimum Gasteiger partial charge on any atom is -0.368 e. The molecule has 24 heteroatoms. The number of rotatable bonds is 15. The van der Waals surface area contributed by atoms with Crippen molar-refractivity contribution in [2.75, 3.05) is 39.3 Å². The fraction of sp³-hybridized carbons (Fsp3) is 0.239. The number of pyridine rings is 3. The van der Waals surface area contributed by atoms with E-state index in [2.05, 4.69) is 41.9 Å². The van der Waals surface area contributed by atoms with E-state index in [1.165, 1.54) is 21.6 Å². The van der Waals surface area contributed by atoms with E-state index >= 15 is 0 Å². The lowest BCUT2D eigenvalue weighted by Gasteiger charge is -2.26. The lowest BCUT2D eigenvalue weighted by molar-refractivity contribution is -0.138. The van der Waals surface area contributed by atoms with Gasteiger partial charge in [-0.1, -0.05) is 109 Å². The van der Waals surface area contributed by atoms with Crippen molar-refractivity contribution in [3.63, 3.8) is 0 Å². The van der Waals surface area contributed by atoms with Crippen LogP contribution in [-0.2, 0) is 33.6 Å². The van der Waals surface area contributed by atoms with Crippen molar-refractivity contribution in [2.24, 2.45) is 5.73 Å². The number of hydrogen-bond acceptors (Lipinski definition) is 13. The lowest BCUT2D eigenvalue weighted by atomic mass is 10.0. The van der Waals surface area contributed by atoms with Crippen molar-refractivity contribution in [1.29, 1.82) is 0 Å². The molecule has 3 aliphatic heterocycles. The molecule has 3 fully saturated rings. The van der Waals surface area contributed by atoms with Crippen LogP contribution in [0.3, 0.4) is 0 Å². The van der Waals surface area contributed by atoms with Gasteiger partial charge in [-0.25, -0.2) is 15.0 Å². The predicted octanol–water partition coefficient (Wildman–Crippen LogP) is 3.62. The largest absolute Gasteiger partial charge is 0.368 e. The molecule has 0 aliphatic carbocycles. The Bertz CT molecular complexity index is 4620. The van der Waals surface area contributed by atoms with Gasteiger partial charge < -0.3 is 57.3 Å². The van der Waals surface area contributed by atoms with E-state index in [0.29, 0.717) is 76.7 Å². The van der Waals surface area contributed by atoms with Crippen molar-refractivity contribution in [3.8, 4) is 0 Å². The summed E-state index contributed by atoms with van der Waals surface area (Å²) in [5.41, 5.74) is 11.3. The smallest absolute Gasteiger partial charge is 0.254 e. The van der Waals surface area contributed by atoms with Crippen molar-refractivity contribution < 1.29 is 47.9 Å². The second-order valence-corrected chi connectivity index (χ2v) is 23.1. The number of carbonyl (C=O) groups excluding carboxylic acids is 10. The molecule has 458 valence electrons. The number of carbonyl (C=O) groups is 10. The third-order valence-electron chi connectivity index (χ3n) is 17.3. The Hall–Kier alpha value is -11.4. The van der Waals surface area contributed by atoms with Crippen LogP contribution >= 0.6 is 0 Å². The van der Waals surface area contributed by atoms with Gasteiger partial charge in [0.15, 0.2) is 0 Å². The summed E-state index contributed by atoms with van der Waals surface area (Å²) in [5, 5.41) is 20.5. The molecule has 0 bridgehead atoms. The summed E-state index contributed by atoms with van der Waals surface area (Å²) in [4.78, 5) is 162. The number of hydrogen-bond donors (Lipinski definition) is 8. The zero-order valence-corrected chi connectivity index (χ0v) is 49.0. The number of nitrogens with zero attached hydrogens (tertiary/aromatic N) is 6. The second-order valence-electron chi connectivity index (χ2n) is 23.1. The van der Waals surface area contributed by atoms with Crippen molar-refractivity contribution in [1.82, 2.24) is 66.5 Å². The number of nitrogens with one attached hydrogen (secondary N) is 7. The molecule has 9 N–H and O–H groups in total. The standard InChI is InChI=1S/C67H60N14O10/c1-35(82)72-36-27-52(80(32-36)55(84)30-70-66(90)58-41-16-4-10-22-47(41)76-48-23-11-5-17-42(48)58)63(87)74-38-28-53(81(34-38)56(85)31-71-67(91)59-43-18-6-12-24-49(43)77-60-44-19-7-13-25-50(44)78-61(59)60)64(88)73-37-26-51(62(68)86)79(33-37)54(83)29-69-65(89)57-39-14-2-8-20-45(39)75-46-21-9-3-15-40(46)57/h2-25,36-38,51-53,78H,26-34H2,1H3,(H2,68,86)(H,69,89)(H,70,90)(H,71,91)(H,72,82)(H,73,88)(H,74,87)/t36-,37-,38-,51-,52-,53-/m0/s1. The number of para-hydroxylation sites is 6. The van der Waals surface area contributed by atoms with Gasteiger partial charge in [-0.05, 0) is 55.7 Å². The number of benzene rings is 6. The first-order valence-corrected chi connectivity index (χ1v) is 29.8. The summed E-state index contributed by atoms with van der Waals surface area (Å²) in [5.74, 6) is -6.32. The van der Waals surface area contributed by atoms with Crippen LogP contribution in [0.4, 0.5) is 0 Å². The third-order valence-corrected chi connectivity index (χ3v) is 17.3. The normalized spacial score (nSPS) is 18.9. The quantitative estimate of drug-likeness (QED) is 0.0681. The predicted molar refractivity (Wildman–Crippen MR) is 338 cm³/mol. The Labute approximate surface area is 517 Å². The van der Waals surface area contributed by atoms with Crippen LogP contribution in [-0.4, -0.2) is 169 Å². The molecule has 10 amide bonds. The summed E-state index contributed by atoms with van der Waals surface area (Å²) in [6, 6.07) is 36.9. The minimum atomic E-state index is -1.30. The monoisotopic (exact) mass is 1220 g/mol. The highest BCUT2D eigenvalue weighted by molar-refractivity contribution is 6.21. The molecule has 0 unspecified atom stereocenters. The molecule has 0 saturated carbocycles. The van der Waals surface area contributed by atoms with E-state index in [0.717, 1.165) is 10.9 Å². The zero-order chi connectivity index (χ0) is 63.2. The third kappa shape index (κ3) is 11.3. The number of likely N-dealkylation sites (tertiary alicyclic amines) is 3. The topological polar surface area (TPSA) is 333 Å². The summed E-state index contributed by atoms with van der Waals surface area (Å²) >= 11 is 0. The van der Waals surface area contributed by atoms with E-state index in [1.54, 1.807) is 121 Å². The molecule has 4 aromatic heterocycles. The Morgan fingerprint density at radius 2 is 0.758 bits per heavy atom. The van der Waals surface area contributed by atoms with E-state index in [1.807, 2.05) is 24.3 Å². The van der Waals surface area contributed by atoms with Gasteiger partial charge in [0.05, 0.1) is 74.9 Å². The van der Waals surface area contributed by atoms with Crippen LogP contribution in [0.15, 0.2) is 146 Å². The van der Waals surface area contributed by atoms with Gasteiger partial charge >= 0.3 is 0 Å². The van der Waals surface area contributed by atoms with Crippen LogP contribution in [0.1, 0.15) is 57.3 Å². The molecule has 3 saturated heterocycles. The maximum absolute atomic E-state index is 14.8. The van der Waals surface area contributed by atoms with E-state index < -0.39 is 115 Å². The highest BCUT2D eigenvalue weighted by Crippen LogP contribution is 2.33. The van der Waals surface area contributed by atoms with Crippen molar-refractivity contribution >= 4 is 136 Å². The maximum Gasteiger partial charge on any atom is 0.254 e. The number of aromatic amines is 1. The van der Waals surface area contributed by atoms with E-state index in [9.17, 15) is 47.9 Å². The van der Waals surface area contributed by atoms with Gasteiger partial charge in [-0.2, -0.15) is 0 Å². The summed E-state index contributed by atoms with van der Waals surface area (Å²) in [7, 11) is 0. The molecular formula is C67H60N14O10. The zero-order valence-electron chi connectivity index (χ0n) is 49.0. The Morgan fingerprint density at radius 3 is 1.16 bits per heavy atom. The maximum atomic E-state index is 14.8. The average molecular weight is 1220 g/mol. The van der Waals surface area contributed by atoms with Crippen molar-refractivity contribution in [3.05, 3.63) is 162 Å². The number of fused-ring (bicyclic) bond motifs is 8. The fourth-order valence-electron chi connectivity index (χ4n) is 13.2. The van der Waals surface area contributed by atoms with Gasteiger partial charge in [-0.3, -0.25) is 47.9 Å². The molecule has 3 aliphatic rings. The average Bonchev–Trinajstić information content (AvgIpc) is 1.76. The van der Waals surface area contributed by atoms with Gasteiger partial charge in [0.1, 0.15) is 18.1 Å². The highest BCUT2D eigenvalue weighted by Gasteiger charge is 2.46. The van der Waals surface area contributed by atoms with Crippen LogP contribution in [0.25, 0.3) is 76.5 Å². The van der Waals surface area contributed by atoms with E-state index in [4.69, 9.17) is 15.7 Å². The molecule has 0 spiro atoms. The molecule has 10 aromatic rings. The number of aromatic nitrogens is 4. The SMILES string of the molecule is CC(=O)N[C@H]1C[C@@H](C(=O)N[C@H]2C[C@@H](C(=O)N[C@H]3C[C@@H](C(N)=O)N(C(=O)CNC(=O)c4c5ccccc5nc5ccccc45)C3)N(C(=O)CNC(=O)c3c4ccccc4nc4c3[nH]c3ccccc34)C2)N(C(=O)CNC(=O)c2c3ccccc3nc3ccccc23)C1. The van der Waals surface area contributed by atoms with Gasteiger partial charge in [0, 0.05) is 82.5 Å². The molecule has 6 aromatic carbocycles. The van der Waals surface area contributed by atoms with Crippen LogP contribution in [0.2, 0.25) is 0 Å². The first kappa shape index (κ1) is 58.6. The number of H-pyrrole nitrogens is 1. The number of primary amides is 1. The molecule has 91 heavy (non-hydrogen) atoms. The van der Waals surface area contributed by atoms with E-state index in [-0.39, 0.29) is 44.5 Å². The van der Waals surface area contributed by atoms with Crippen LogP contribution in [0.5, 0.6) is 0 Å². The molecule has 0 radical (unpaired) electrons. The Morgan fingerprint density at radius 1 is 0.429 bits per heavy atom. The molecular weight excluding hydrogens is 1160 g/mol. The van der Waals surface area contributed by atoms with Gasteiger partial charge in [0.2, 0.25) is 41.4 Å². The lowest BCUT2D eigenvalue weighted by Crippen LogP contribution is -2.52. The minimum absolute atomic E-state index is 0.0114. The van der Waals surface area contributed by atoms with Gasteiger partial charge in [0.25, 0.3) is 17.7 Å². The fourth-order valence-corrected chi connectivity index (χ4v) is 13.2. The van der Waals surface area contributed by atoms with Crippen LogP contribution in [0, 0.1) is 0 Å². The number of amides is 10. The highest BCUT2D eigenvalue weighted by atomic mass is 16.2. The van der Waals surface area contributed by atoms with Crippen LogP contribution < -0.4 is 37.6 Å². The molecule has 7 heterocycles. The van der Waals surface area contributed by atoms with Gasteiger partial charge in [-0.15, -0.1) is 0 Å². The first-order valence-electron chi connectivity index (χ1n) is 29.8. The Balaban J connectivity index is 0.732. The summed E-state index contributed by atoms with van der Waals surface area (Å²) in [6.45, 7) is -0.868. The summed E-state index contributed by atoms with van der Waals surface area (Å²) < 4.78 is 0. The molecule has 13 rings (SSSR count). The summed E-state index contributed by atoms with van der Waals surface area (Å²) in [6.07, 6.45) is -0.292. The molecule has 6 atom stereocenters. The second kappa shape index (κ2) is 24.3. The van der Waals surface area contributed by atoms with Crippen molar-refractivity contribution in [2.45, 2.75) is 62.4 Å².